The normalized spacial score (nSPS) is 12.5. The predicted octanol–water partition coefficient (Wildman–Crippen LogP) is 4.60. The number of aliphatic hydroxyl groups is 1. The zero-order valence-corrected chi connectivity index (χ0v) is 12.8. The Bertz CT molecular complexity index is 599. The van der Waals surface area contributed by atoms with Crippen molar-refractivity contribution in [2.75, 3.05) is 0 Å². The Morgan fingerprint density at radius 1 is 1.05 bits per heavy atom. The standard InChI is InChI=1S/C16H16BrFO/c1-9-5-4-6-13(14(9)17)16(19)12-7-10(2)15(18)11(3)8-12/h4-8,16,19H,1-3H3. The van der Waals surface area contributed by atoms with E-state index in [4.69, 9.17) is 0 Å². The van der Waals surface area contributed by atoms with Gasteiger partial charge in [0.05, 0.1) is 0 Å². The summed E-state index contributed by atoms with van der Waals surface area (Å²) in [7, 11) is 0. The Hall–Kier alpha value is -1.19. The Kier molecular flexibility index (Phi) is 4.07. The molecule has 0 aromatic heterocycles. The highest BCUT2D eigenvalue weighted by Crippen LogP contribution is 2.32. The summed E-state index contributed by atoms with van der Waals surface area (Å²) in [6.45, 7) is 5.40. The topological polar surface area (TPSA) is 20.2 Å². The smallest absolute Gasteiger partial charge is 0.129 e. The van der Waals surface area contributed by atoms with Crippen LogP contribution in [0.15, 0.2) is 34.8 Å². The van der Waals surface area contributed by atoms with Crippen molar-refractivity contribution in [2.45, 2.75) is 26.9 Å². The third-order valence-corrected chi connectivity index (χ3v) is 4.37. The van der Waals surface area contributed by atoms with Crippen molar-refractivity contribution in [3.8, 4) is 0 Å². The van der Waals surface area contributed by atoms with Crippen molar-refractivity contribution in [3.63, 3.8) is 0 Å². The number of halogens is 2. The molecule has 2 aromatic rings. The third-order valence-electron chi connectivity index (χ3n) is 3.29. The van der Waals surface area contributed by atoms with E-state index in [2.05, 4.69) is 15.9 Å². The Morgan fingerprint density at radius 2 is 1.63 bits per heavy atom. The number of rotatable bonds is 2. The summed E-state index contributed by atoms with van der Waals surface area (Å²) < 4.78 is 14.5. The molecule has 1 unspecified atom stereocenters. The number of aryl methyl sites for hydroxylation is 3. The van der Waals surface area contributed by atoms with Crippen LogP contribution in [-0.2, 0) is 0 Å². The van der Waals surface area contributed by atoms with E-state index in [1.165, 1.54) is 0 Å². The average Bonchev–Trinajstić information content (AvgIpc) is 2.38. The van der Waals surface area contributed by atoms with Gasteiger partial charge in [0.15, 0.2) is 0 Å². The third kappa shape index (κ3) is 2.72. The fourth-order valence-electron chi connectivity index (χ4n) is 2.20. The Labute approximate surface area is 121 Å². The molecule has 0 spiro atoms. The molecule has 2 rings (SSSR count). The van der Waals surface area contributed by atoms with Crippen LogP contribution < -0.4 is 0 Å². The van der Waals surface area contributed by atoms with Gasteiger partial charge in [0.25, 0.3) is 0 Å². The van der Waals surface area contributed by atoms with Crippen molar-refractivity contribution in [1.82, 2.24) is 0 Å². The lowest BCUT2D eigenvalue weighted by Gasteiger charge is -2.16. The van der Waals surface area contributed by atoms with E-state index in [1.54, 1.807) is 26.0 Å². The SMILES string of the molecule is Cc1cc(C(O)c2cccc(C)c2Br)cc(C)c1F. The van der Waals surface area contributed by atoms with Gasteiger partial charge >= 0.3 is 0 Å². The van der Waals surface area contributed by atoms with Gasteiger partial charge in [-0.05, 0) is 48.6 Å². The molecule has 0 radical (unpaired) electrons. The number of aliphatic hydroxyl groups excluding tert-OH is 1. The summed E-state index contributed by atoms with van der Waals surface area (Å²) in [6.07, 6.45) is -0.757. The molecule has 0 aliphatic heterocycles. The van der Waals surface area contributed by atoms with Gasteiger partial charge in [-0.2, -0.15) is 0 Å². The maximum Gasteiger partial charge on any atom is 0.129 e. The zero-order chi connectivity index (χ0) is 14.2. The molecule has 0 aliphatic carbocycles. The molecular formula is C16H16BrFO. The minimum absolute atomic E-state index is 0.209. The van der Waals surface area contributed by atoms with Gasteiger partial charge < -0.3 is 5.11 Å². The summed E-state index contributed by atoms with van der Waals surface area (Å²) in [5, 5.41) is 10.5. The molecule has 0 saturated heterocycles. The number of benzene rings is 2. The van der Waals surface area contributed by atoms with E-state index in [-0.39, 0.29) is 5.82 Å². The summed E-state index contributed by atoms with van der Waals surface area (Å²) in [5.74, 6) is -0.209. The largest absolute Gasteiger partial charge is 0.384 e. The molecule has 1 atom stereocenters. The van der Waals surface area contributed by atoms with Crippen LogP contribution in [0.25, 0.3) is 0 Å². The second kappa shape index (κ2) is 5.43. The molecule has 0 heterocycles. The zero-order valence-electron chi connectivity index (χ0n) is 11.2. The van der Waals surface area contributed by atoms with E-state index in [0.717, 1.165) is 15.6 Å². The van der Waals surface area contributed by atoms with Crippen molar-refractivity contribution in [1.29, 1.82) is 0 Å². The highest BCUT2D eigenvalue weighted by atomic mass is 79.9. The fourth-order valence-corrected chi connectivity index (χ4v) is 2.68. The second-order valence-corrected chi connectivity index (χ2v) is 5.64. The predicted molar refractivity (Wildman–Crippen MR) is 78.8 cm³/mol. The van der Waals surface area contributed by atoms with Crippen molar-refractivity contribution >= 4 is 15.9 Å². The highest BCUT2D eigenvalue weighted by Gasteiger charge is 2.16. The first-order chi connectivity index (χ1) is 8.91. The second-order valence-electron chi connectivity index (χ2n) is 4.85. The molecule has 1 nitrogen and oxygen atoms in total. The molecular weight excluding hydrogens is 307 g/mol. The summed E-state index contributed by atoms with van der Waals surface area (Å²) in [4.78, 5) is 0. The monoisotopic (exact) mass is 322 g/mol. The van der Waals surface area contributed by atoms with Crippen LogP contribution in [0.3, 0.4) is 0 Å². The van der Waals surface area contributed by atoms with Gasteiger partial charge in [0.2, 0.25) is 0 Å². The van der Waals surface area contributed by atoms with Crippen LogP contribution in [0.4, 0.5) is 4.39 Å². The lowest BCUT2D eigenvalue weighted by atomic mass is 9.96. The minimum Gasteiger partial charge on any atom is -0.384 e. The van der Waals surface area contributed by atoms with Crippen LogP contribution in [0.1, 0.15) is 33.9 Å². The lowest BCUT2D eigenvalue weighted by Crippen LogP contribution is -2.03. The Morgan fingerprint density at radius 3 is 2.21 bits per heavy atom. The minimum atomic E-state index is -0.757. The molecule has 0 fully saturated rings. The average molecular weight is 323 g/mol. The van der Waals surface area contributed by atoms with E-state index < -0.39 is 6.10 Å². The first-order valence-corrected chi connectivity index (χ1v) is 6.91. The molecule has 19 heavy (non-hydrogen) atoms. The molecule has 0 aliphatic rings. The molecule has 0 saturated carbocycles. The van der Waals surface area contributed by atoms with E-state index >= 15 is 0 Å². The summed E-state index contributed by atoms with van der Waals surface area (Å²) >= 11 is 3.50. The van der Waals surface area contributed by atoms with Gasteiger partial charge in [-0.25, -0.2) is 4.39 Å². The van der Waals surface area contributed by atoms with Gasteiger partial charge in [0, 0.05) is 4.47 Å². The fraction of sp³-hybridized carbons (Fsp3) is 0.250. The maximum absolute atomic E-state index is 13.6. The highest BCUT2D eigenvalue weighted by molar-refractivity contribution is 9.10. The van der Waals surface area contributed by atoms with Crippen molar-refractivity contribution in [2.24, 2.45) is 0 Å². The van der Waals surface area contributed by atoms with E-state index in [9.17, 15) is 9.50 Å². The first-order valence-electron chi connectivity index (χ1n) is 6.11. The molecule has 3 heteroatoms. The summed E-state index contributed by atoms with van der Waals surface area (Å²) in [6, 6.07) is 9.14. The van der Waals surface area contributed by atoms with Crippen molar-refractivity contribution < 1.29 is 9.50 Å². The number of hydrogen-bond acceptors (Lipinski definition) is 1. The van der Waals surface area contributed by atoms with Crippen LogP contribution >= 0.6 is 15.9 Å². The van der Waals surface area contributed by atoms with E-state index in [1.807, 2.05) is 25.1 Å². The van der Waals surface area contributed by atoms with Gasteiger partial charge in [0.1, 0.15) is 11.9 Å². The molecule has 0 bridgehead atoms. The first kappa shape index (κ1) is 14.2. The lowest BCUT2D eigenvalue weighted by molar-refractivity contribution is 0.219. The summed E-state index contributed by atoms with van der Waals surface area (Å²) in [5.41, 5.74) is 3.68. The Balaban J connectivity index is 2.50. The van der Waals surface area contributed by atoms with Gasteiger partial charge in [-0.3, -0.25) is 0 Å². The van der Waals surface area contributed by atoms with Gasteiger partial charge in [-0.15, -0.1) is 0 Å². The van der Waals surface area contributed by atoms with Crippen LogP contribution in [0.5, 0.6) is 0 Å². The number of hydrogen-bond donors (Lipinski definition) is 1. The molecule has 100 valence electrons. The molecule has 2 aromatic carbocycles. The van der Waals surface area contributed by atoms with Crippen LogP contribution in [0, 0.1) is 26.6 Å². The van der Waals surface area contributed by atoms with E-state index in [0.29, 0.717) is 16.7 Å². The molecule has 1 N–H and O–H groups in total. The van der Waals surface area contributed by atoms with Crippen LogP contribution in [0.2, 0.25) is 0 Å². The quantitative estimate of drug-likeness (QED) is 0.857. The van der Waals surface area contributed by atoms with Crippen molar-refractivity contribution in [3.05, 3.63) is 68.4 Å². The van der Waals surface area contributed by atoms with Crippen LogP contribution in [-0.4, -0.2) is 5.11 Å². The maximum atomic E-state index is 13.6. The molecule has 0 amide bonds. The van der Waals surface area contributed by atoms with Gasteiger partial charge in [-0.1, -0.05) is 46.3 Å².